The van der Waals surface area contributed by atoms with Crippen molar-refractivity contribution >= 4 is 16.9 Å². The lowest BCUT2D eigenvalue weighted by Crippen LogP contribution is -2.38. The molecule has 0 unspecified atom stereocenters. The number of hydrogen-bond acceptors (Lipinski definition) is 1. The molecule has 3 N–H and O–H groups in total. The van der Waals surface area contributed by atoms with Gasteiger partial charge < -0.3 is 15.6 Å². The number of aromatic nitrogens is 1. The van der Waals surface area contributed by atoms with Crippen LogP contribution < -0.4 is 5.73 Å². The molecule has 1 fully saturated rings. The molecule has 118 valence electrons. The number of nitrogens with zero attached hydrogens (tertiary/aromatic N) is 2. The summed E-state index contributed by atoms with van der Waals surface area (Å²) < 4.78 is 0. The molecular weight excluding hydrogens is 272 g/mol. The quantitative estimate of drug-likeness (QED) is 0.675. The van der Waals surface area contributed by atoms with Crippen molar-refractivity contribution in [3.8, 4) is 0 Å². The van der Waals surface area contributed by atoms with Crippen LogP contribution in [-0.4, -0.2) is 35.5 Å². The van der Waals surface area contributed by atoms with Gasteiger partial charge in [-0.3, -0.25) is 4.99 Å². The predicted molar refractivity (Wildman–Crippen MR) is 93.3 cm³/mol. The largest absolute Gasteiger partial charge is 0.370 e. The minimum Gasteiger partial charge on any atom is -0.370 e. The molecule has 4 heteroatoms. The van der Waals surface area contributed by atoms with Crippen molar-refractivity contribution in [1.82, 2.24) is 9.88 Å². The van der Waals surface area contributed by atoms with Crippen molar-refractivity contribution in [2.24, 2.45) is 10.7 Å². The molecule has 1 saturated heterocycles. The maximum absolute atomic E-state index is 6.16. The molecule has 2 heterocycles. The molecule has 0 saturated carbocycles. The van der Waals surface area contributed by atoms with E-state index in [1.807, 2.05) is 0 Å². The second kappa shape index (κ2) is 6.86. The van der Waals surface area contributed by atoms with Crippen molar-refractivity contribution in [1.29, 1.82) is 0 Å². The number of nitrogens with one attached hydrogen (secondary N) is 1. The Morgan fingerprint density at radius 2 is 2.00 bits per heavy atom. The van der Waals surface area contributed by atoms with E-state index in [1.54, 1.807) is 0 Å². The zero-order valence-electron chi connectivity index (χ0n) is 13.4. The van der Waals surface area contributed by atoms with E-state index < -0.39 is 0 Å². The lowest BCUT2D eigenvalue weighted by atomic mass is 10.1. The average molecular weight is 298 g/mol. The third-order valence-electron chi connectivity index (χ3n) is 4.51. The summed E-state index contributed by atoms with van der Waals surface area (Å²) in [6.45, 7) is 4.98. The van der Waals surface area contributed by atoms with E-state index in [0.29, 0.717) is 0 Å². The molecule has 1 aliphatic heterocycles. The first-order valence-corrected chi connectivity index (χ1v) is 8.35. The van der Waals surface area contributed by atoms with Crippen LogP contribution >= 0.6 is 0 Å². The number of benzene rings is 1. The fourth-order valence-corrected chi connectivity index (χ4v) is 3.20. The van der Waals surface area contributed by atoms with Crippen LogP contribution in [0.5, 0.6) is 0 Å². The lowest BCUT2D eigenvalue weighted by Gasteiger charge is -2.21. The second-order valence-corrected chi connectivity index (χ2v) is 6.25. The number of nitrogens with two attached hydrogens (primary N) is 1. The second-order valence-electron chi connectivity index (χ2n) is 6.25. The smallest absolute Gasteiger partial charge is 0.191 e. The highest BCUT2D eigenvalue weighted by Crippen LogP contribution is 2.20. The van der Waals surface area contributed by atoms with Crippen molar-refractivity contribution in [2.45, 2.75) is 39.0 Å². The van der Waals surface area contributed by atoms with Crippen LogP contribution in [0.4, 0.5) is 0 Å². The Labute approximate surface area is 132 Å². The molecule has 22 heavy (non-hydrogen) atoms. The van der Waals surface area contributed by atoms with E-state index in [2.05, 4.69) is 46.2 Å². The summed E-state index contributed by atoms with van der Waals surface area (Å²) in [5.74, 6) is 0.720. The molecule has 4 nitrogen and oxygen atoms in total. The number of likely N-dealkylation sites (tertiary alicyclic amines) is 1. The van der Waals surface area contributed by atoms with Crippen LogP contribution in [0.3, 0.4) is 0 Å². The minimum absolute atomic E-state index is 0.720. The molecule has 3 rings (SSSR count). The molecular formula is C18H26N4. The van der Waals surface area contributed by atoms with E-state index in [1.165, 1.54) is 47.7 Å². The molecule has 0 bridgehead atoms. The first-order valence-electron chi connectivity index (χ1n) is 8.35. The topological polar surface area (TPSA) is 57.4 Å². The summed E-state index contributed by atoms with van der Waals surface area (Å²) >= 11 is 0. The van der Waals surface area contributed by atoms with E-state index >= 15 is 0 Å². The number of aryl methyl sites for hydroxylation is 1. The molecule has 1 aromatic heterocycles. The average Bonchev–Trinajstić information content (AvgIpc) is 2.74. The standard InChI is InChI=1S/C18H26N4/c1-14-6-7-16-15(13-21-17(16)12-14)8-9-20-18(19)22-10-4-2-3-5-11-22/h6-7,12-13,21H,2-5,8-11H2,1H3,(H2,19,20). The Morgan fingerprint density at radius 3 is 2.77 bits per heavy atom. The van der Waals surface area contributed by atoms with E-state index in [0.717, 1.165) is 32.0 Å². The Hall–Kier alpha value is -1.97. The molecule has 0 amide bonds. The summed E-state index contributed by atoms with van der Waals surface area (Å²) in [6, 6.07) is 6.54. The number of aliphatic imine (C=N–C) groups is 1. The highest BCUT2D eigenvalue weighted by atomic mass is 15.2. The zero-order valence-corrected chi connectivity index (χ0v) is 13.4. The van der Waals surface area contributed by atoms with Crippen molar-refractivity contribution in [3.63, 3.8) is 0 Å². The summed E-state index contributed by atoms with van der Waals surface area (Å²) in [5.41, 5.74) is 9.97. The number of rotatable bonds is 3. The van der Waals surface area contributed by atoms with E-state index in [-0.39, 0.29) is 0 Å². The van der Waals surface area contributed by atoms with Crippen molar-refractivity contribution in [3.05, 3.63) is 35.5 Å². The first-order chi connectivity index (χ1) is 10.7. The summed E-state index contributed by atoms with van der Waals surface area (Å²) in [5, 5.41) is 1.30. The maximum Gasteiger partial charge on any atom is 0.191 e. The van der Waals surface area contributed by atoms with Crippen LogP contribution in [0.2, 0.25) is 0 Å². The van der Waals surface area contributed by atoms with Crippen LogP contribution in [-0.2, 0) is 6.42 Å². The van der Waals surface area contributed by atoms with Crippen molar-refractivity contribution in [2.75, 3.05) is 19.6 Å². The van der Waals surface area contributed by atoms with Crippen LogP contribution in [0, 0.1) is 6.92 Å². The SMILES string of the molecule is Cc1ccc2c(CCN=C(N)N3CCCCCC3)c[nH]c2c1. The third-order valence-corrected chi connectivity index (χ3v) is 4.51. The van der Waals surface area contributed by atoms with Gasteiger partial charge in [-0.05, 0) is 43.4 Å². The third kappa shape index (κ3) is 3.43. The van der Waals surface area contributed by atoms with Gasteiger partial charge in [0.05, 0.1) is 0 Å². The zero-order chi connectivity index (χ0) is 15.4. The highest BCUT2D eigenvalue weighted by Gasteiger charge is 2.10. The van der Waals surface area contributed by atoms with Gasteiger partial charge in [0.25, 0.3) is 0 Å². The molecule has 0 aliphatic carbocycles. The van der Waals surface area contributed by atoms with Crippen LogP contribution in [0.25, 0.3) is 10.9 Å². The Balaban J connectivity index is 1.62. The summed E-state index contributed by atoms with van der Waals surface area (Å²) in [7, 11) is 0. The normalized spacial score (nSPS) is 17.0. The van der Waals surface area contributed by atoms with Crippen LogP contribution in [0.15, 0.2) is 29.4 Å². The van der Waals surface area contributed by atoms with Gasteiger partial charge in [0.2, 0.25) is 0 Å². The molecule has 0 spiro atoms. The number of guanidine groups is 1. The predicted octanol–water partition coefficient (Wildman–Crippen LogP) is 3.21. The molecule has 2 aromatic rings. The number of hydrogen-bond donors (Lipinski definition) is 2. The molecule has 1 aromatic carbocycles. The van der Waals surface area contributed by atoms with Gasteiger partial charge in [-0.1, -0.05) is 25.0 Å². The fraction of sp³-hybridized carbons (Fsp3) is 0.500. The van der Waals surface area contributed by atoms with Gasteiger partial charge >= 0.3 is 0 Å². The van der Waals surface area contributed by atoms with Crippen LogP contribution in [0.1, 0.15) is 36.8 Å². The monoisotopic (exact) mass is 298 g/mol. The molecule has 0 radical (unpaired) electrons. The summed E-state index contributed by atoms with van der Waals surface area (Å²) in [6.07, 6.45) is 8.13. The highest BCUT2D eigenvalue weighted by molar-refractivity contribution is 5.84. The Bertz CT molecular complexity index is 648. The van der Waals surface area contributed by atoms with E-state index in [4.69, 9.17) is 5.73 Å². The maximum atomic E-state index is 6.16. The molecule has 1 aliphatic rings. The number of fused-ring (bicyclic) bond motifs is 1. The first kappa shape index (κ1) is 14.9. The van der Waals surface area contributed by atoms with Gasteiger partial charge in [0, 0.05) is 36.7 Å². The molecule has 0 atom stereocenters. The fourth-order valence-electron chi connectivity index (χ4n) is 3.20. The summed E-state index contributed by atoms with van der Waals surface area (Å²) in [4.78, 5) is 10.2. The lowest BCUT2D eigenvalue weighted by molar-refractivity contribution is 0.428. The Kier molecular flexibility index (Phi) is 4.66. The van der Waals surface area contributed by atoms with Gasteiger partial charge in [-0.2, -0.15) is 0 Å². The Morgan fingerprint density at radius 1 is 1.23 bits per heavy atom. The van der Waals surface area contributed by atoms with Gasteiger partial charge in [0.15, 0.2) is 5.96 Å². The van der Waals surface area contributed by atoms with Gasteiger partial charge in [0.1, 0.15) is 0 Å². The number of aromatic amines is 1. The minimum atomic E-state index is 0.720. The van der Waals surface area contributed by atoms with E-state index in [9.17, 15) is 0 Å². The van der Waals surface area contributed by atoms with Crippen molar-refractivity contribution < 1.29 is 0 Å². The number of H-pyrrole nitrogens is 1. The van der Waals surface area contributed by atoms with Gasteiger partial charge in [-0.25, -0.2) is 0 Å². The van der Waals surface area contributed by atoms with Gasteiger partial charge in [-0.15, -0.1) is 0 Å².